The van der Waals surface area contributed by atoms with E-state index in [0.717, 1.165) is 25.8 Å². The lowest BCUT2D eigenvalue weighted by Gasteiger charge is -2.39. The Kier molecular flexibility index (Phi) is 19.5. The average Bonchev–Trinajstić information content (AvgIpc) is 2.73. The van der Waals surface area contributed by atoms with Gasteiger partial charge in [-0.2, -0.15) is 0 Å². The van der Waals surface area contributed by atoms with Crippen LogP contribution in [-0.2, 0) is 14.4 Å². The maximum Gasteiger partial charge on any atom is 0.303 e. The van der Waals surface area contributed by atoms with Gasteiger partial charge in [-0.3, -0.25) is 9.59 Å². The molecule has 33 heavy (non-hydrogen) atoms. The van der Waals surface area contributed by atoms with Crippen molar-refractivity contribution < 1.29 is 34.2 Å². The van der Waals surface area contributed by atoms with Crippen molar-refractivity contribution in [3.05, 3.63) is 12.2 Å². The first-order valence-corrected chi connectivity index (χ1v) is 12.9. The van der Waals surface area contributed by atoms with Gasteiger partial charge in [-0.05, 0) is 38.5 Å². The maximum absolute atomic E-state index is 11.0. The average molecular weight is 470 g/mol. The summed E-state index contributed by atoms with van der Waals surface area (Å²) in [4.78, 5) is 32.9. The van der Waals surface area contributed by atoms with Crippen molar-refractivity contribution in [3.63, 3.8) is 0 Å². The summed E-state index contributed by atoms with van der Waals surface area (Å²) in [5.74, 6) is -2.76. The third kappa shape index (κ3) is 20.4. The second-order valence-electron chi connectivity index (χ2n) is 9.23. The highest BCUT2D eigenvalue weighted by Crippen LogP contribution is 2.18. The number of aliphatic carboxylic acids is 3. The van der Waals surface area contributed by atoms with Crippen LogP contribution >= 0.6 is 0 Å². The first-order valence-electron chi connectivity index (χ1n) is 12.9. The molecule has 2 N–H and O–H groups in total. The first kappa shape index (κ1) is 31.1. The smallest absolute Gasteiger partial charge is 0.303 e. The number of quaternary nitrogens is 1. The summed E-state index contributed by atoms with van der Waals surface area (Å²) in [7, 11) is 0. The molecule has 0 unspecified atom stereocenters. The van der Waals surface area contributed by atoms with Gasteiger partial charge in [-0.25, -0.2) is 0 Å². The molecule has 0 heterocycles. The van der Waals surface area contributed by atoms with Crippen LogP contribution in [0.15, 0.2) is 12.2 Å². The Hall–Kier alpha value is -1.89. The van der Waals surface area contributed by atoms with E-state index in [0.29, 0.717) is 43.4 Å². The number of carbonyl (C=O) groups excluding carboxylic acids is 1. The van der Waals surface area contributed by atoms with E-state index in [2.05, 4.69) is 19.1 Å². The molecule has 0 aromatic heterocycles. The molecule has 0 bridgehead atoms. The van der Waals surface area contributed by atoms with Crippen molar-refractivity contribution >= 4 is 17.9 Å². The topological polar surface area (TPSA) is 115 Å². The number of carboxylic acid groups (broad SMARTS) is 3. The van der Waals surface area contributed by atoms with Gasteiger partial charge in [0.2, 0.25) is 0 Å². The number of hydrogen-bond donors (Lipinski definition) is 2. The minimum Gasteiger partial charge on any atom is -0.550 e. The third-order valence-electron chi connectivity index (χ3n) is 6.18. The number of nitrogens with zero attached hydrogens (tertiary/aromatic N) is 1. The fraction of sp³-hybridized carbons (Fsp3) is 0.808. The van der Waals surface area contributed by atoms with Gasteiger partial charge in [0.25, 0.3) is 0 Å². The van der Waals surface area contributed by atoms with E-state index in [-0.39, 0.29) is 19.3 Å². The second-order valence-corrected chi connectivity index (χ2v) is 9.23. The van der Waals surface area contributed by atoms with E-state index in [1.54, 1.807) is 0 Å². The van der Waals surface area contributed by atoms with E-state index >= 15 is 0 Å². The van der Waals surface area contributed by atoms with E-state index in [4.69, 9.17) is 10.2 Å². The molecular weight excluding hydrogens is 422 g/mol. The molecule has 0 atom stereocenters. The Morgan fingerprint density at radius 1 is 0.636 bits per heavy atom. The van der Waals surface area contributed by atoms with Gasteiger partial charge in [0, 0.05) is 25.2 Å². The molecule has 0 aliphatic carbocycles. The molecule has 0 aromatic rings. The van der Waals surface area contributed by atoms with Crippen LogP contribution in [0.25, 0.3) is 0 Å². The van der Waals surface area contributed by atoms with Gasteiger partial charge < -0.3 is 24.6 Å². The first-order chi connectivity index (χ1) is 15.8. The van der Waals surface area contributed by atoms with Gasteiger partial charge in [-0.15, -0.1) is 0 Å². The van der Waals surface area contributed by atoms with Gasteiger partial charge >= 0.3 is 11.9 Å². The van der Waals surface area contributed by atoms with Crippen LogP contribution < -0.4 is 5.11 Å². The van der Waals surface area contributed by atoms with Crippen molar-refractivity contribution in [2.24, 2.45) is 0 Å². The summed E-state index contributed by atoms with van der Waals surface area (Å²) in [6.45, 7) is 4.94. The van der Waals surface area contributed by atoms with E-state index in [1.165, 1.54) is 44.9 Å². The summed E-state index contributed by atoms with van der Waals surface area (Å²) in [6.07, 6.45) is 17.9. The standard InChI is InChI=1S/C26H47NO6/c1-2-3-4-5-6-7-8-9-10-11-12-13-20-27(21-14-17-24(28)29,22-15-18-25(30)31)23-16-19-26(32)33/h4-5H,2-3,6-23H2,1H3,(H2-,28,29,30,31,32,33)/b5-4+. The SMILES string of the molecule is CCC/C=C/CCCCCCCCC[N+](CCCC(=O)[O-])(CCCC(=O)O)CCCC(=O)O. The minimum absolute atomic E-state index is 0.0223. The van der Waals surface area contributed by atoms with Crippen LogP contribution in [-0.4, -0.2) is 58.8 Å². The normalized spacial score (nSPS) is 11.8. The Morgan fingerprint density at radius 3 is 1.55 bits per heavy atom. The van der Waals surface area contributed by atoms with E-state index in [1.807, 2.05) is 0 Å². The van der Waals surface area contributed by atoms with Crippen molar-refractivity contribution in [3.8, 4) is 0 Å². The quantitative estimate of drug-likeness (QED) is 0.122. The molecule has 0 amide bonds. The summed E-state index contributed by atoms with van der Waals surface area (Å²) in [5, 5.41) is 28.9. The van der Waals surface area contributed by atoms with Crippen molar-refractivity contribution in [1.82, 2.24) is 0 Å². The zero-order valence-corrected chi connectivity index (χ0v) is 20.8. The Balaban J connectivity index is 4.52. The monoisotopic (exact) mass is 469 g/mol. The zero-order chi connectivity index (χ0) is 24.8. The predicted octanol–water partition coefficient (Wildman–Crippen LogP) is 4.54. The summed E-state index contributed by atoms with van der Waals surface area (Å²) >= 11 is 0. The van der Waals surface area contributed by atoms with Crippen LogP contribution in [0.4, 0.5) is 0 Å². The highest BCUT2D eigenvalue weighted by atomic mass is 16.4. The maximum atomic E-state index is 11.0. The number of hydrogen-bond acceptors (Lipinski definition) is 4. The van der Waals surface area contributed by atoms with Crippen LogP contribution in [0.1, 0.15) is 110 Å². The van der Waals surface area contributed by atoms with Gasteiger partial charge in [0.1, 0.15) is 0 Å². The highest BCUT2D eigenvalue weighted by molar-refractivity contribution is 5.66. The Morgan fingerprint density at radius 2 is 1.06 bits per heavy atom. The lowest BCUT2D eigenvalue weighted by Crippen LogP contribution is -2.51. The number of rotatable bonds is 24. The number of unbranched alkanes of at least 4 members (excludes halogenated alkanes) is 8. The summed E-state index contributed by atoms with van der Waals surface area (Å²) < 4.78 is 0.609. The minimum atomic E-state index is -1.08. The largest absolute Gasteiger partial charge is 0.550 e. The van der Waals surface area contributed by atoms with Gasteiger partial charge in [0.15, 0.2) is 0 Å². The predicted molar refractivity (Wildman–Crippen MR) is 129 cm³/mol. The van der Waals surface area contributed by atoms with Crippen LogP contribution in [0.2, 0.25) is 0 Å². The molecule has 0 rings (SSSR count). The summed E-state index contributed by atoms with van der Waals surface area (Å²) in [6, 6.07) is 0. The zero-order valence-electron chi connectivity index (χ0n) is 20.8. The summed E-state index contributed by atoms with van der Waals surface area (Å²) in [5.41, 5.74) is 0. The van der Waals surface area contributed by atoms with Gasteiger partial charge in [-0.1, -0.05) is 51.2 Å². The molecule has 7 nitrogen and oxygen atoms in total. The third-order valence-corrected chi connectivity index (χ3v) is 6.18. The molecule has 0 spiro atoms. The van der Waals surface area contributed by atoms with Crippen LogP contribution in [0, 0.1) is 0 Å². The van der Waals surface area contributed by atoms with Crippen LogP contribution in [0.5, 0.6) is 0 Å². The molecule has 0 radical (unpaired) electrons. The molecule has 0 aliphatic rings. The van der Waals surface area contributed by atoms with Crippen molar-refractivity contribution in [2.45, 2.75) is 110 Å². The van der Waals surface area contributed by atoms with Crippen molar-refractivity contribution in [2.75, 3.05) is 26.2 Å². The number of allylic oxidation sites excluding steroid dienone is 2. The van der Waals surface area contributed by atoms with E-state index in [9.17, 15) is 19.5 Å². The molecule has 0 saturated carbocycles. The molecular formula is C26H47NO6. The van der Waals surface area contributed by atoms with E-state index < -0.39 is 17.9 Å². The lowest BCUT2D eigenvalue weighted by atomic mass is 10.1. The van der Waals surface area contributed by atoms with Crippen molar-refractivity contribution in [1.29, 1.82) is 0 Å². The molecule has 0 fully saturated rings. The molecule has 0 saturated heterocycles. The lowest BCUT2D eigenvalue weighted by molar-refractivity contribution is -0.929. The molecule has 0 aliphatic heterocycles. The fourth-order valence-electron chi connectivity index (χ4n) is 4.36. The van der Waals surface area contributed by atoms with Crippen LogP contribution in [0.3, 0.4) is 0 Å². The Bertz CT molecular complexity index is 511. The molecule has 7 heteroatoms. The van der Waals surface area contributed by atoms with Gasteiger partial charge in [0.05, 0.1) is 39.0 Å². The fourth-order valence-corrected chi connectivity index (χ4v) is 4.36. The molecule has 0 aromatic carbocycles. The second kappa shape index (κ2) is 20.7. The number of carboxylic acids is 3. The number of carbonyl (C=O) groups is 3. The Labute approximate surface area is 200 Å². The highest BCUT2D eigenvalue weighted by Gasteiger charge is 2.26. The molecule has 192 valence electrons.